The van der Waals surface area contributed by atoms with E-state index in [1.54, 1.807) is 22.6 Å². The molecule has 1 atom stereocenters. The predicted octanol–water partition coefficient (Wildman–Crippen LogP) is 1.98. The van der Waals surface area contributed by atoms with Crippen molar-refractivity contribution >= 4 is 27.5 Å². The maximum Gasteiger partial charge on any atom is 0.235 e. The first-order valence-corrected chi connectivity index (χ1v) is 11.2. The molecule has 1 heterocycles. The summed E-state index contributed by atoms with van der Waals surface area (Å²) in [7, 11) is -3.53. The molecule has 0 spiro atoms. The minimum Gasteiger partial charge on any atom is -0.369 e. The fraction of sp³-hybridized carbons (Fsp3) is 0.471. The van der Waals surface area contributed by atoms with Crippen LogP contribution < -0.4 is 5.73 Å². The molecule has 1 unspecified atom stereocenters. The normalized spacial score (nSPS) is 13.1. The fourth-order valence-electron chi connectivity index (χ4n) is 2.57. The van der Waals surface area contributed by atoms with Crippen LogP contribution in [0.4, 0.5) is 0 Å². The van der Waals surface area contributed by atoms with E-state index in [-0.39, 0.29) is 13.0 Å². The molecule has 0 fully saturated rings. The Kier molecular flexibility index (Phi) is 6.82. The van der Waals surface area contributed by atoms with Crippen molar-refractivity contribution in [2.45, 2.75) is 48.6 Å². The third-order valence-corrected chi connectivity index (χ3v) is 6.58. The summed E-state index contributed by atoms with van der Waals surface area (Å²) in [6.07, 6.45) is 2.86. The number of nitrogens with zero attached hydrogens (tertiary/aromatic N) is 3. The molecular weight excluding hydrogens is 372 g/mol. The Bertz CT molecular complexity index is 862. The Morgan fingerprint density at radius 3 is 2.62 bits per heavy atom. The van der Waals surface area contributed by atoms with E-state index in [1.807, 2.05) is 12.1 Å². The van der Waals surface area contributed by atoms with Crippen LogP contribution in [-0.2, 0) is 26.9 Å². The number of aryl methyl sites for hydroxylation is 1. The number of nitrogens with two attached hydrogens (primary N) is 1. The number of primary amides is 1. The molecule has 2 rings (SSSR count). The van der Waals surface area contributed by atoms with Crippen LogP contribution in [0.3, 0.4) is 0 Å². The van der Waals surface area contributed by atoms with Crippen LogP contribution in [0, 0.1) is 0 Å². The first-order chi connectivity index (χ1) is 12.2. The second kappa shape index (κ2) is 8.68. The Labute approximate surface area is 158 Å². The highest BCUT2D eigenvalue weighted by molar-refractivity contribution is 7.98. The highest BCUT2D eigenvalue weighted by Gasteiger charge is 2.26. The lowest BCUT2D eigenvalue weighted by Gasteiger charge is -2.11. The molecule has 0 radical (unpaired) electrons. The third-order valence-electron chi connectivity index (χ3n) is 3.96. The molecule has 1 aromatic carbocycles. The van der Waals surface area contributed by atoms with E-state index < -0.39 is 21.0 Å². The molecule has 0 saturated heterocycles. The maximum absolute atomic E-state index is 11.6. The number of hydrogen-bond acceptors (Lipinski definition) is 6. The molecule has 26 heavy (non-hydrogen) atoms. The highest BCUT2D eigenvalue weighted by atomic mass is 32.2. The second-order valence-electron chi connectivity index (χ2n) is 6.46. The van der Waals surface area contributed by atoms with Crippen LogP contribution in [0.25, 0.3) is 0 Å². The molecule has 0 aliphatic heterocycles. The van der Waals surface area contributed by atoms with Gasteiger partial charge in [0.05, 0.1) is 5.69 Å². The number of benzene rings is 1. The first kappa shape index (κ1) is 20.4. The minimum absolute atomic E-state index is 0.0836. The summed E-state index contributed by atoms with van der Waals surface area (Å²) in [6, 6.07) is 8.26. The van der Waals surface area contributed by atoms with E-state index >= 15 is 0 Å². The van der Waals surface area contributed by atoms with Crippen molar-refractivity contribution in [1.82, 2.24) is 15.0 Å². The van der Waals surface area contributed by atoms with E-state index in [4.69, 9.17) is 5.73 Å². The third kappa shape index (κ3) is 5.57. The SMILES string of the molecule is CC(C)c1ccccc1SCc1cn(CCC(C(N)=O)S(C)(=O)=O)nn1. The number of carbonyl (C=O) groups is 1. The van der Waals surface area contributed by atoms with Crippen molar-refractivity contribution in [2.24, 2.45) is 5.73 Å². The van der Waals surface area contributed by atoms with Gasteiger partial charge in [0.1, 0.15) is 5.25 Å². The number of sulfone groups is 1. The lowest BCUT2D eigenvalue weighted by Crippen LogP contribution is -2.36. The van der Waals surface area contributed by atoms with Crippen molar-refractivity contribution < 1.29 is 13.2 Å². The average Bonchev–Trinajstić information content (AvgIpc) is 2.99. The number of carbonyl (C=O) groups excluding carboxylic acids is 1. The van der Waals surface area contributed by atoms with Gasteiger partial charge in [-0.3, -0.25) is 9.48 Å². The molecule has 0 aliphatic carbocycles. The van der Waals surface area contributed by atoms with Gasteiger partial charge in [-0.25, -0.2) is 8.42 Å². The molecule has 9 heteroatoms. The summed E-state index contributed by atoms with van der Waals surface area (Å²) in [4.78, 5) is 12.5. The zero-order valence-electron chi connectivity index (χ0n) is 15.1. The zero-order valence-corrected chi connectivity index (χ0v) is 16.8. The van der Waals surface area contributed by atoms with Gasteiger partial charge in [0.25, 0.3) is 0 Å². The monoisotopic (exact) mass is 396 g/mol. The quantitative estimate of drug-likeness (QED) is 0.649. The van der Waals surface area contributed by atoms with Gasteiger partial charge >= 0.3 is 0 Å². The van der Waals surface area contributed by atoms with Crippen LogP contribution >= 0.6 is 11.8 Å². The Morgan fingerprint density at radius 2 is 2.00 bits per heavy atom. The molecule has 2 aromatic rings. The van der Waals surface area contributed by atoms with Crippen molar-refractivity contribution in [3.05, 3.63) is 41.7 Å². The van der Waals surface area contributed by atoms with E-state index in [1.165, 1.54) is 10.5 Å². The molecule has 142 valence electrons. The van der Waals surface area contributed by atoms with Crippen molar-refractivity contribution in [2.75, 3.05) is 6.26 Å². The Morgan fingerprint density at radius 1 is 1.31 bits per heavy atom. The minimum atomic E-state index is -3.53. The van der Waals surface area contributed by atoms with Crippen molar-refractivity contribution in [3.63, 3.8) is 0 Å². The molecule has 0 bridgehead atoms. The average molecular weight is 397 g/mol. The Balaban J connectivity index is 1.97. The van der Waals surface area contributed by atoms with Crippen LogP contribution in [-0.4, -0.2) is 40.8 Å². The summed E-state index contributed by atoms with van der Waals surface area (Å²) in [5.41, 5.74) is 7.26. The van der Waals surface area contributed by atoms with Crippen molar-refractivity contribution in [1.29, 1.82) is 0 Å². The zero-order chi connectivity index (χ0) is 19.3. The highest BCUT2D eigenvalue weighted by Crippen LogP contribution is 2.30. The van der Waals surface area contributed by atoms with Gasteiger partial charge in [-0.2, -0.15) is 0 Å². The molecule has 1 aromatic heterocycles. The molecule has 1 amide bonds. The van der Waals surface area contributed by atoms with E-state index in [0.717, 1.165) is 11.9 Å². The Hall–Kier alpha value is -1.87. The van der Waals surface area contributed by atoms with E-state index in [0.29, 0.717) is 11.7 Å². The summed E-state index contributed by atoms with van der Waals surface area (Å²) in [5.74, 6) is 0.263. The summed E-state index contributed by atoms with van der Waals surface area (Å²) in [5, 5.41) is 6.92. The van der Waals surface area contributed by atoms with Gasteiger partial charge in [-0.15, -0.1) is 16.9 Å². The number of amides is 1. The predicted molar refractivity (Wildman–Crippen MR) is 103 cm³/mol. The molecular formula is C17H24N4O3S2. The van der Waals surface area contributed by atoms with E-state index in [9.17, 15) is 13.2 Å². The topological polar surface area (TPSA) is 108 Å². The van der Waals surface area contributed by atoms with Crippen LogP contribution in [0.15, 0.2) is 35.4 Å². The van der Waals surface area contributed by atoms with Gasteiger partial charge in [0.15, 0.2) is 9.84 Å². The molecule has 0 aliphatic rings. The number of hydrogen-bond donors (Lipinski definition) is 1. The fourth-order valence-corrected chi connectivity index (χ4v) is 4.61. The van der Waals surface area contributed by atoms with Crippen LogP contribution in [0.5, 0.6) is 0 Å². The number of rotatable bonds is 9. The van der Waals surface area contributed by atoms with Crippen molar-refractivity contribution in [3.8, 4) is 0 Å². The van der Waals surface area contributed by atoms with Gasteiger partial charge in [0, 0.05) is 29.6 Å². The van der Waals surface area contributed by atoms with Gasteiger partial charge < -0.3 is 5.73 Å². The number of thioether (sulfide) groups is 1. The largest absolute Gasteiger partial charge is 0.369 e. The first-order valence-electron chi connectivity index (χ1n) is 8.27. The smallest absolute Gasteiger partial charge is 0.235 e. The van der Waals surface area contributed by atoms with Crippen LogP contribution in [0.1, 0.15) is 37.4 Å². The molecule has 7 nitrogen and oxygen atoms in total. The summed E-state index contributed by atoms with van der Waals surface area (Å²) >= 11 is 1.69. The lowest BCUT2D eigenvalue weighted by atomic mass is 10.0. The molecule has 0 saturated carbocycles. The second-order valence-corrected chi connectivity index (χ2v) is 9.71. The maximum atomic E-state index is 11.6. The van der Waals surface area contributed by atoms with E-state index in [2.05, 4.69) is 36.3 Å². The lowest BCUT2D eigenvalue weighted by molar-refractivity contribution is -0.117. The van der Waals surface area contributed by atoms with Gasteiger partial charge in [0.2, 0.25) is 5.91 Å². The van der Waals surface area contributed by atoms with Gasteiger partial charge in [-0.05, 0) is 24.0 Å². The van der Waals surface area contributed by atoms with Crippen LogP contribution in [0.2, 0.25) is 0 Å². The number of aromatic nitrogens is 3. The summed E-state index contributed by atoms with van der Waals surface area (Å²) in [6.45, 7) is 4.58. The summed E-state index contributed by atoms with van der Waals surface area (Å²) < 4.78 is 24.7. The standard InChI is InChI=1S/C17H24N4O3S2/c1-12(2)14-6-4-5-7-15(14)25-11-13-10-21(20-19-13)9-8-16(17(18)22)26(3,23)24/h4-7,10,12,16H,8-9,11H2,1-3H3,(H2,18,22). The van der Waals surface area contributed by atoms with Gasteiger partial charge in [-0.1, -0.05) is 37.3 Å². The molecule has 2 N–H and O–H groups in total.